The molecule has 8 atom stereocenters. The van der Waals surface area contributed by atoms with E-state index >= 15 is 0 Å². The number of fused-ring (bicyclic) bond motifs is 3. The number of nitrogens with zero attached hydrogens (tertiary/aromatic N) is 2. The molecular weight excluding hydrogens is 441 g/mol. The van der Waals surface area contributed by atoms with Gasteiger partial charge in [0, 0.05) is 5.92 Å². The van der Waals surface area contributed by atoms with Crippen molar-refractivity contribution in [2.45, 2.75) is 85.2 Å². The zero-order chi connectivity index (χ0) is 24.7. The standard InChI is InChI=1S/C27H39F3N2O2/c1-5-7-19-17(6-2)8-9-21-20(19)10-11-26(4)22(12-16(3)24(21)26)23(33)15-34-18-13-31-25(32-14-18)27(28,29)30/h13-14,16-17,19-22,24H,5-12,15H2,1-4H3. The lowest BCUT2D eigenvalue weighted by Gasteiger charge is -2.55. The molecule has 4 rings (SSSR count). The second kappa shape index (κ2) is 9.77. The average molecular weight is 481 g/mol. The summed E-state index contributed by atoms with van der Waals surface area (Å²) in [5, 5.41) is 0. The first-order valence-corrected chi connectivity index (χ1v) is 13.1. The molecule has 34 heavy (non-hydrogen) atoms. The Kier molecular flexibility index (Phi) is 7.31. The Bertz CT molecular complexity index is 858. The van der Waals surface area contributed by atoms with Gasteiger partial charge < -0.3 is 4.74 Å². The number of carbonyl (C=O) groups is 1. The van der Waals surface area contributed by atoms with Gasteiger partial charge in [0.05, 0.1) is 12.4 Å². The lowest BCUT2D eigenvalue weighted by molar-refractivity contribution is -0.145. The fraction of sp³-hybridized carbons (Fsp3) is 0.815. The number of hydrogen-bond acceptors (Lipinski definition) is 4. The van der Waals surface area contributed by atoms with Gasteiger partial charge in [0.1, 0.15) is 6.61 Å². The van der Waals surface area contributed by atoms with E-state index in [1.165, 1.54) is 38.5 Å². The normalized spacial score (nSPS) is 37.7. The predicted octanol–water partition coefficient (Wildman–Crippen LogP) is 6.98. The fourth-order valence-electron chi connectivity index (χ4n) is 8.36. The number of alkyl halides is 3. The number of ether oxygens (including phenoxy) is 1. The topological polar surface area (TPSA) is 52.1 Å². The number of halogens is 3. The van der Waals surface area contributed by atoms with Gasteiger partial charge in [-0.1, -0.05) is 47.0 Å². The molecule has 1 heterocycles. The molecule has 3 aliphatic carbocycles. The molecule has 3 aliphatic rings. The highest BCUT2D eigenvalue weighted by molar-refractivity contribution is 5.83. The SMILES string of the molecule is CCCC1C(CC)CCC2C1CCC1(C)C(C(=O)COc3cnc(C(F)(F)F)nc3)CC(C)C21. The molecule has 0 spiro atoms. The summed E-state index contributed by atoms with van der Waals surface area (Å²) in [6.45, 7) is 9.15. The van der Waals surface area contributed by atoms with E-state index in [0.29, 0.717) is 17.8 Å². The van der Waals surface area contributed by atoms with Crippen molar-refractivity contribution >= 4 is 5.78 Å². The van der Waals surface area contributed by atoms with Crippen LogP contribution in [0.1, 0.15) is 84.9 Å². The highest BCUT2D eigenvalue weighted by Gasteiger charge is 2.60. The third-order valence-corrected chi connectivity index (χ3v) is 9.63. The minimum atomic E-state index is -4.59. The van der Waals surface area contributed by atoms with Crippen LogP contribution in [0.25, 0.3) is 0 Å². The highest BCUT2D eigenvalue weighted by atomic mass is 19.4. The van der Waals surface area contributed by atoms with E-state index in [1.54, 1.807) is 0 Å². The predicted molar refractivity (Wildman–Crippen MR) is 124 cm³/mol. The number of Topliss-reactive ketones (excluding diaryl/α,β-unsaturated/α-hetero) is 1. The Labute approximate surface area is 201 Å². The van der Waals surface area contributed by atoms with Gasteiger partial charge in [0.2, 0.25) is 5.82 Å². The molecule has 190 valence electrons. The van der Waals surface area contributed by atoms with Gasteiger partial charge in [-0.25, -0.2) is 9.97 Å². The summed E-state index contributed by atoms with van der Waals surface area (Å²) in [6, 6.07) is 0. The smallest absolute Gasteiger partial charge is 0.451 e. The van der Waals surface area contributed by atoms with Crippen LogP contribution in [0.3, 0.4) is 0 Å². The molecule has 3 fully saturated rings. The summed E-state index contributed by atoms with van der Waals surface area (Å²) in [4.78, 5) is 20.0. The van der Waals surface area contributed by atoms with E-state index in [2.05, 4.69) is 37.7 Å². The Morgan fingerprint density at radius 1 is 1.15 bits per heavy atom. The van der Waals surface area contributed by atoms with Gasteiger partial charge in [-0.05, 0) is 73.0 Å². The minimum Gasteiger partial charge on any atom is -0.483 e. The Morgan fingerprint density at radius 2 is 1.85 bits per heavy atom. The van der Waals surface area contributed by atoms with Gasteiger partial charge in [0.15, 0.2) is 11.5 Å². The number of carbonyl (C=O) groups excluding carboxylic acids is 1. The van der Waals surface area contributed by atoms with Gasteiger partial charge >= 0.3 is 6.18 Å². The number of hydrogen-bond donors (Lipinski definition) is 0. The largest absolute Gasteiger partial charge is 0.483 e. The molecule has 1 aromatic rings. The summed E-state index contributed by atoms with van der Waals surface area (Å²) < 4.78 is 43.6. The van der Waals surface area contributed by atoms with Crippen molar-refractivity contribution < 1.29 is 22.7 Å². The van der Waals surface area contributed by atoms with Crippen molar-refractivity contribution in [2.75, 3.05) is 6.61 Å². The van der Waals surface area contributed by atoms with Crippen LogP contribution in [-0.4, -0.2) is 22.4 Å². The average Bonchev–Trinajstić information content (AvgIpc) is 3.08. The summed E-state index contributed by atoms with van der Waals surface area (Å²) in [5.41, 5.74) is -0.0204. The van der Waals surface area contributed by atoms with E-state index in [9.17, 15) is 18.0 Å². The molecule has 7 heteroatoms. The van der Waals surface area contributed by atoms with Crippen LogP contribution < -0.4 is 4.74 Å². The fourth-order valence-corrected chi connectivity index (χ4v) is 8.36. The van der Waals surface area contributed by atoms with Crippen LogP contribution in [-0.2, 0) is 11.0 Å². The molecule has 0 bridgehead atoms. The third-order valence-electron chi connectivity index (χ3n) is 9.63. The van der Waals surface area contributed by atoms with Crippen molar-refractivity contribution in [2.24, 2.45) is 46.8 Å². The van der Waals surface area contributed by atoms with Crippen molar-refractivity contribution in [1.29, 1.82) is 0 Å². The molecule has 0 radical (unpaired) electrons. The third kappa shape index (κ3) is 4.60. The summed E-state index contributed by atoms with van der Waals surface area (Å²) in [6.07, 6.45) is 7.02. The maximum Gasteiger partial charge on any atom is 0.451 e. The number of ketones is 1. The molecule has 3 saturated carbocycles. The maximum absolute atomic E-state index is 13.3. The van der Waals surface area contributed by atoms with Crippen LogP contribution in [0.15, 0.2) is 12.4 Å². The van der Waals surface area contributed by atoms with E-state index in [4.69, 9.17) is 4.74 Å². The quantitative estimate of drug-likeness (QED) is 0.422. The van der Waals surface area contributed by atoms with Crippen molar-refractivity contribution in [1.82, 2.24) is 9.97 Å². The maximum atomic E-state index is 13.3. The first kappa shape index (κ1) is 25.4. The number of aromatic nitrogens is 2. The lowest BCUT2D eigenvalue weighted by atomic mass is 9.49. The van der Waals surface area contributed by atoms with Crippen LogP contribution in [0.2, 0.25) is 0 Å². The minimum absolute atomic E-state index is 0.0204. The second-order valence-corrected chi connectivity index (χ2v) is 11.4. The van der Waals surface area contributed by atoms with Gasteiger partial charge in [-0.15, -0.1) is 0 Å². The van der Waals surface area contributed by atoms with Crippen LogP contribution in [0.4, 0.5) is 13.2 Å². The van der Waals surface area contributed by atoms with Crippen LogP contribution in [0.5, 0.6) is 5.75 Å². The molecule has 0 aliphatic heterocycles. The zero-order valence-electron chi connectivity index (χ0n) is 20.9. The van der Waals surface area contributed by atoms with Crippen molar-refractivity contribution in [3.05, 3.63) is 18.2 Å². The Balaban J connectivity index is 1.45. The van der Waals surface area contributed by atoms with E-state index in [0.717, 1.165) is 43.0 Å². The van der Waals surface area contributed by atoms with E-state index < -0.39 is 12.0 Å². The van der Waals surface area contributed by atoms with E-state index in [1.807, 2.05) is 0 Å². The molecule has 8 unspecified atom stereocenters. The summed E-state index contributed by atoms with van der Waals surface area (Å²) in [5.74, 6) is 3.11. The highest BCUT2D eigenvalue weighted by Crippen LogP contribution is 2.65. The zero-order valence-corrected chi connectivity index (χ0v) is 20.9. The first-order chi connectivity index (χ1) is 16.1. The van der Waals surface area contributed by atoms with Gasteiger partial charge in [-0.3, -0.25) is 4.79 Å². The molecule has 0 aromatic carbocycles. The Hall–Kier alpha value is -1.66. The molecule has 0 saturated heterocycles. The number of rotatable bonds is 7. The Morgan fingerprint density at radius 3 is 2.47 bits per heavy atom. The van der Waals surface area contributed by atoms with Gasteiger partial charge in [-0.2, -0.15) is 13.2 Å². The van der Waals surface area contributed by atoms with Crippen molar-refractivity contribution in [3.8, 4) is 5.75 Å². The molecular formula is C27H39F3N2O2. The molecule has 4 nitrogen and oxygen atoms in total. The van der Waals surface area contributed by atoms with Crippen LogP contribution in [0, 0.1) is 46.8 Å². The van der Waals surface area contributed by atoms with Gasteiger partial charge in [0.25, 0.3) is 0 Å². The monoisotopic (exact) mass is 480 g/mol. The molecule has 0 amide bonds. The first-order valence-electron chi connectivity index (χ1n) is 13.1. The molecule has 0 N–H and O–H groups in total. The second-order valence-electron chi connectivity index (χ2n) is 11.4. The molecule has 1 aromatic heterocycles. The summed E-state index contributed by atoms with van der Waals surface area (Å²) >= 11 is 0. The summed E-state index contributed by atoms with van der Waals surface area (Å²) in [7, 11) is 0. The van der Waals surface area contributed by atoms with Crippen LogP contribution >= 0.6 is 0 Å². The van der Waals surface area contributed by atoms with E-state index in [-0.39, 0.29) is 29.5 Å². The van der Waals surface area contributed by atoms with Crippen molar-refractivity contribution in [3.63, 3.8) is 0 Å². The lowest BCUT2D eigenvalue weighted by Crippen LogP contribution is -2.49.